The maximum absolute atomic E-state index is 13.3. The van der Waals surface area contributed by atoms with Crippen LogP contribution in [-0.2, 0) is 9.53 Å². The lowest BCUT2D eigenvalue weighted by Gasteiger charge is -2.58. The Hall–Kier alpha value is -3.06. The fourth-order valence-electron chi connectivity index (χ4n) is 11.2. The van der Waals surface area contributed by atoms with Gasteiger partial charge >= 0.3 is 5.97 Å². The smallest absolute Gasteiger partial charge is 0.344 e. The van der Waals surface area contributed by atoms with Crippen LogP contribution in [0.25, 0.3) is 11.0 Å². The Morgan fingerprint density at radius 2 is 1.73 bits per heavy atom. The van der Waals surface area contributed by atoms with Gasteiger partial charge < -0.3 is 18.6 Å². The van der Waals surface area contributed by atoms with Crippen molar-refractivity contribution in [2.45, 2.75) is 118 Å². The van der Waals surface area contributed by atoms with Gasteiger partial charge in [0.25, 0.3) is 0 Å². The van der Waals surface area contributed by atoms with Crippen LogP contribution in [-0.4, -0.2) is 18.7 Å². The minimum absolute atomic E-state index is 0.121. The van der Waals surface area contributed by atoms with Crippen molar-refractivity contribution in [2.24, 2.45) is 46.3 Å². The van der Waals surface area contributed by atoms with Gasteiger partial charge in [-0.2, -0.15) is 0 Å². The summed E-state index contributed by atoms with van der Waals surface area (Å²) in [6, 6.07) is 12.2. The summed E-state index contributed by atoms with van der Waals surface area (Å²) in [5.74, 6) is 5.98. The van der Waals surface area contributed by atoms with E-state index in [1.807, 2.05) is 12.1 Å². The summed E-state index contributed by atoms with van der Waals surface area (Å²) in [6.07, 6.45) is 16.1. The van der Waals surface area contributed by atoms with Crippen molar-refractivity contribution in [3.8, 4) is 17.2 Å². The van der Waals surface area contributed by atoms with Gasteiger partial charge in [0.05, 0.1) is 5.39 Å². The van der Waals surface area contributed by atoms with Gasteiger partial charge in [-0.3, -0.25) is 4.79 Å². The third kappa shape index (κ3) is 7.24. The molecule has 0 radical (unpaired) electrons. The molecular formula is C45H57BrO6. The van der Waals surface area contributed by atoms with Gasteiger partial charge in [-0.25, -0.2) is 4.79 Å². The first-order chi connectivity index (χ1) is 24.9. The van der Waals surface area contributed by atoms with Crippen LogP contribution in [0.5, 0.6) is 17.2 Å². The first-order valence-corrected chi connectivity index (χ1v) is 20.7. The molecule has 0 amide bonds. The summed E-state index contributed by atoms with van der Waals surface area (Å²) >= 11 is 3.41. The van der Waals surface area contributed by atoms with Gasteiger partial charge in [-0.05, 0) is 135 Å². The maximum Gasteiger partial charge on any atom is 0.344 e. The second-order valence-electron chi connectivity index (χ2n) is 17.5. The first kappa shape index (κ1) is 37.3. The summed E-state index contributed by atoms with van der Waals surface area (Å²) in [4.78, 5) is 26.3. The molecule has 6 nitrogen and oxygen atoms in total. The van der Waals surface area contributed by atoms with Gasteiger partial charge in [0.2, 0.25) is 11.2 Å². The third-order valence-corrected chi connectivity index (χ3v) is 14.5. The van der Waals surface area contributed by atoms with Crippen molar-refractivity contribution < 1.29 is 23.4 Å². The minimum Gasteiger partial charge on any atom is -0.482 e. The van der Waals surface area contributed by atoms with Gasteiger partial charge in [-0.15, -0.1) is 0 Å². The highest BCUT2D eigenvalue weighted by Crippen LogP contribution is 2.67. The maximum atomic E-state index is 13.3. The van der Waals surface area contributed by atoms with E-state index in [0.717, 1.165) is 59.2 Å². The normalized spacial score (nSPS) is 30.2. The van der Waals surface area contributed by atoms with E-state index in [4.69, 9.17) is 18.6 Å². The van der Waals surface area contributed by atoms with E-state index in [1.165, 1.54) is 56.9 Å². The summed E-state index contributed by atoms with van der Waals surface area (Å²) in [6.45, 7) is 13.9. The second-order valence-corrected chi connectivity index (χ2v) is 18.4. The van der Waals surface area contributed by atoms with E-state index in [2.05, 4.69) is 56.6 Å². The first-order valence-electron chi connectivity index (χ1n) is 19.9. The number of hydrogen-bond donors (Lipinski definition) is 0. The zero-order valence-electron chi connectivity index (χ0n) is 32.0. The Balaban J connectivity index is 0.944. The number of rotatable bonds is 11. The fraction of sp³-hybridized carbons (Fsp3) is 0.600. The lowest BCUT2D eigenvalue weighted by molar-refractivity contribution is -0.153. The van der Waals surface area contributed by atoms with E-state index in [9.17, 15) is 9.59 Å². The van der Waals surface area contributed by atoms with E-state index in [1.54, 1.807) is 37.3 Å². The summed E-state index contributed by atoms with van der Waals surface area (Å²) < 4.78 is 24.6. The quantitative estimate of drug-likeness (QED) is 0.143. The molecule has 4 aliphatic rings. The molecule has 0 N–H and O–H groups in total. The number of carbonyl (C=O) groups is 1. The van der Waals surface area contributed by atoms with Gasteiger partial charge in [0.15, 0.2) is 6.61 Å². The van der Waals surface area contributed by atoms with E-state index in [0.29, 0.717) is 33.6 Å². The Morgan fingerprint density at radius 1 is 0.962 bits per heavy atom. The Kier molecular flexibility index (Phi) is 10.7. The van der Waals surface area contributed by atoms with Gasteiger partial charge in [-0.1, -0.05) is 81.5 Å². The standard InChI is InChI=1S/C45H57BrO6/c1-27(2)8-7-9-28(3)37-18-19-38-35-16-10-30-24-34(20-22-44(30,5)39(35)21-23-45(37,38)6)51-41(47)26-49-33-15-17-36-40(25-33)50-29(4)43(42(36)48)52-32-13-11-31(46)12-14-32/h10-15,17,25,27-28,34-35,37-39H,7-9,16,18-24,26H2,1-6H3/t28-,34+,35-,37-,38+,39-,44+,45+/m0/s1. The van der Waals surface area contributed by atoms with Gasteiger partial charge in [0, 0.05) is 17.0 Å². The highest BCUT2D eigenvalue weighted by Gasteiger charge is 2.59. The molecule has 8 atom stereocenters. The molecule has 0 unspecified atom stereocenters. The average molecular weight is 774 g/mol. The van der Waals surface area contributed by atoms with E-state index >= 15 is 0 Å². The van der Waals surface area contributed by atoms with Crippen molar-refractivity contribution in [2.75, 3.05) is 6.61 Å². The molecule has 0 spiro atoms. The molecule has 3 saturated carbocycles. The third-order valence-electron chi connectivity index (χ3n) is 13.9. The van der Waals surface area contributed by atoms with Crippen molar-refractivity contribution in [3.05, 3.63) is 74.6 Å². The monoisotopic (exact) mass is 772 g/mol. The number of halogens is 1. The Bertz CT molecular complexity index is 1860. The molecule has 7 heteroatoms. The van der Waals surface area contributed by atoms with E-state index < -0.39 is 0 Å². The predicted octanol–water partition coefficient (Wildman–Crippen LogP) is 12.0. The van der Waals surface area contributed by atoms with Gasteiger partial charge in [0.1, 0.15) is 28.9 Å². The largest absolute Gasteiger partial charge is 0.482 e. The van der Waals surface area contributed by atoms with Crippen LogP contribution in [0, 0.1) is 53.3 Å². The summed E-state index contributed by atoms with van der Waals surface area (Å²) in [5.41, 5.74) is 2.32. The van der Waals surface area contributed by atoms with Crippen molar-refractivity contribution in [3.63, 3.8) is 0 Å². The number of hydrogen-bond acceptors (Lipinski definition) is 6. The van der Waals surface area contributed by atoms with E-state index in [-0.39, 0.29) is 35.3 Å². The molecule has 1 heterocycles. The van der Waals surface area contributed by atoms with Crippen molar-refractivity contribution in [1.29, 1.82) is 0 Å². The van der Waals surface area contributed by atoms with Crippen LogP contribution < -0.4 is 14.9 Å². The number of aryl methyl sites for hydroxylation is 1. The number of allylic oxidation sites excluding steroid dienone is 1. The number of benzene rings is 2. The van der Waals surface area contributed by atoms with Crippen LogP contribution >= 0.6 is 15.9 Å². The highest BCUT2D eigenvalue weighted by atomic mass is 79.9. The highest BCUT2D eigenvalue weighted by molar-refractivity contribution is 9.10. The zero-order valence-corrected chi connectivity index (χ0v) is 33.6. The Labute approximate surface area is 318 Å². The summed E-state index contributed by atoms with van der Waals surface area (Å²) in [5, 5.41) is 0.378. The molecule has 4 aliphatic carbocycles. The van der Waals surface area contributed by atoms with Crippen LogP contribution in [0.1, 0.15) is 111 Å². The van der Waals surface area contributed by atoms with Crippen LogP contribution in [0.4, 0.5) is 0 Å². The molecule has 52 heavy (non-hydrogen) atoms. The van der Waals surface area contributed by atoms with Crippen LogP contribution in [0.3, 0.4) is 0 Å². The molecule has 3 aromatic rings. The molecule has 2 aromatic carbocycles. The van der Waals surface area contributed by atoms with Crippen LogP contribution in [0.15, 0.2) is 67.8 Å². The van der Waals surface area contributed by atoms with Crippen LogP contribution in [0.2, 0.25) is 0 Å². The number of esters is 1. The molecule has 280 valence electrons. The number of carbonyl (C=O) groups excluding carboxylic acids is 1. The minimum atomic E-state index is -0.369. The molecular weight excluding hydrogens is 716 g/mol. The molecule has 0 saturated heterocycles. The SMILES string of the molecule is Cc1oc2cc(OCC(=O)O[C@@H]3CC[C@]4(C)C(=CC[C@H]5[C@H]6CC[C@@H]([C@@H](C)CCCC(C)C)[C@@]6(C)CC[C@@H]54)C3)ccc2c(=O)c1Oc1ccc(Br)cc1. The number of fused-ring (bicyclic) bond motifs is 6. The lowest BCUT2D eigenvalue weighted by Crippen LogP contribution is -2.51. The number of ether oxygens (including phenoxy) is 3. The predicted molar refractivity (Wildman–Crippen MR) is 210 cm³/mol. The van der Waals surface area contributed by atoms with Crippen molar-refractivity contribution in [1.82, 2.24) is 0 Å². The molecule has 0 bridgehead atoms. The van der Waals surface area contributed by atoms with Crippen molar-refractivity contribution >= 4 is 32.9 Å². The molecule has 1 aromatic heterocycles. The topological polar surface area (TPSA) is 75.0 Å². The second kappa shape index (κ2) is 15.0. The molecule has 3 fully saturated rings. The average Bonchev–Trinajstić information content (AvgIpc) is 3.47. The zero-order chi connectivity index (χ0) is 36.8. The molecule has 7 rings (SSSR count). The Morgan fingerprint density at radius 3 is 2.50 bits per heavy atom. The lowest BCUT2D eigenvalue weighted by atomic mass is 9.47. The fourth-order valence-corrected chi connectivity index (χ4v) is 11.5. The summed E-state index contributed by atoms with van der Waals surface area (Å²) in [7, 11) is 0. The molecule has 0 aliphatic heterocycles.